The third kappa shape index (κ3) is 2.57. The van der Waals surface area contributed by atoms with Crippen LogP contribution in [0.5, 0.6) is 0 Å². The second-order valence-corrected chi connectivity index (χ2v) is 5.03. The summed E-state index contributed by atoms with van der Waals surface area (Å²) in [6.45, 7) is 2.24. The zero-order valence-corrected chi connectivity index (χ0v) is 11.1. The van der Waals surface area contributed by atoms with E-state index in [1.165, 1.54) is 0 Å². The lowest BCUT2D eigenvalue weighted by molar-refractivity contribution is 0.253. The molecule has 0 atom stereocenters. The molecule has 96 valence electrons. The van der Waals surface area contributed by atoms with Crippen LogP contribution >= 0.6 is 0 Å². The van der Waals surface area contributed by atoms with E-state index in [-0.39, 0.29) is 0 Å². The molecule has 1 aromatic carbocycles. The molecular formula is C14H20N4. The predicted octanol–water partition coefficient (Wildman–Crippen LogP) is 1.67. The van der Waals surface area contributed by atoms with Crippen LogP contribution in [0.25, 0.3) is 0 Å². The topological polar surface area (TPSA) is 56.3 Å². The van der Waals surface area contributed by atoms with Crippen LogP contribution in [0.2, 0.25) is 0 Å². The average molecular weight is 244 g/mol. The van der Waals surface area contributed by atoms with Crippen molar-refractivity contribution in [1.29, 1.82) is 5.26 Å². The standard InChI is InChI=1S/C14H20N4/c1-17-7-5-12(6-8-17)18(2)14-9-11(10-15)3-4-13(14)16/h3-4,9,12H,5-8,16H2,1-2H3. The van der Waals surface area contributed by atoms with E-state index in [1.54, 1.807) is 6.07 Å². The lowest BCUT2D eigenvalue weighted by atomic mass is 10.0. The largest absolute Gasteiger partial charge is 0.397 e. The maximum Gasteiger partial charge on any atom is 0.0992 e. The van der Waals surface area contributed by atoms with E-state index < -0.39 is 0 Å². The molecule has 1 aliphatic rings. The van der Waals surface area contributed by atoms with Crippen molar-refractivity contribution in [2.75, 3.05) is 37.8 Å². The fraction of sp³-hybridized carbons (Fsp3) is 0.500. The summed E-state index contributed by atoms with van der Waals surface area (Å²) in [7, 11) is 4.23. The van der Waals surface area contributed by atoms with Gasteiger partial charge in [0.25, 0.3) is 0 Å². The summed E-state index contributed by atoms with van der Waals surface area (Å²) in [6.07, 6.45) is 2.28. The minimum atomic E-state index is 0.512. The van der Waals surface area contributed by atoms with Gasteiger partial charge in [0.05, 0.1) is 23.0 Å². The number of piperidine rings is 1. The number of hydrogen-bond donors (Lipinski definition) is 1. The maximum absolute atomic E-state index is 8.96. The molecule has 0 saturated carbocycles. The third-order valence-electron chi connectivity index (χ3n) is 3.78. The quantitative estimate of drug-likeness (QED) is 0.804. The Morgan fingerprint density at radius 1 is 1.39 bits per heavy atom. The second-order valence-electron chi connectivity index (χ2n) is 5.03. The van der Waals surface area contributed by atoms with E-state index in [0.717, 1.165) is 37.3 Å². The summed E-state index contributed by atoms with van der Waals surface area (Å²) >= 11 is 0. The van der Waals surface area contributed by atoms with Gasteiger partial charge in [-0.3, -0.25) is 0 Å². The molecule has 1 aliphatic heterocycles. The molecule has 0 spiro atoms. The molecule has 2 N–H and O–H groups in total. The highest BCUT2D eigenvalue weighted by molar-refractivity contribution is 5.69. The van der Waals surface area contributed by atoms with Gasteiger partial charge in [-0.05, 0) is 51.2 Å². The van der Waals surface area contributed by atoms with Gasteiger partial charge in [0, 0.05) is 13.1 Å². The first-order chi connectivity index (χ1) is 8.61. The van der Waals surface area contributed by atoms with Gasteiger partial charge in [0.15, 0.2) is 0 Å². The van der Waals surface area contributed by atoms with Crippen LogP contribution in [0.1, 0.15) is 18.4 Å². The van der Waals surface area contributed by atoms with Gasteiger partial charge < -0.3 is 15.5 Å². The third-order valence-corrected chi connectivity index (χ3v) is 3.78. The number of anilines is 2. The highest BCUT2D eigenvalue weighted by Crippen LogP contribution is 2.28. The van der Waals surface area contributed by atoms with E-state index >= 15 is 0 Å². The van der Waals surface area contributed by atoms with E-state index in [1.807, 2.05) is 12.1 Å². The van der Waals surface area contributed by atoms with Gasteiger partial charge in [0.2, 0.25) is 0 Å². The summed E-state index contributed by atoms with van der Waals surface area (Å²) in [5, 5.41) is 8.96. The number of nitrogen functional groups attached to an aromatic ring is 1. The first kappa shape index (κ1) is 12.7. The number of rotatable bonds is 2. The molecule has 1 fully saturated rings. The Balaban J connectivity index is 2.18. The van der Waals surface area contributed by atoms with Crippen LogP contribution in [0.3, 0.4) is 0 Å². The van der Waals surface area contributed by atoms with Gasteiger partial charge in [0.1, 0.15) is 0 Å². The van der Waals surface area contributed by atoms with Crippen LogP contribution in [-0.4, -0.2) is 38.1 Å². The first-order valence-electron chi connectivity index (χ1n) is 6.33. The number of nitrogens with zero attached hydrogens (tertiary/aromatic N) is 3. The van der Waals surface area contributed by atoms with Gasteiger partial charge >= 0.3 is 0 Å². The molecule has 2 rings (SSSR count). The lowest BCUT2D eigenvalue weighted by Gasteiger charge is -2.36. The van der Waals surface area contributed by atoms with Crippen molar-refractivity contribution in [3.8, 4) is 6.07 Å². The van der Waals surface area contributed by atoms with Gasteiger partial charge in [-0.1, -0.05) is 0 Å². The molecule has 0 radical (unpaired) electrons. The zero-order valence-electron chi connectivity index (χ0n) is 11.1. The molecule has 18 heavy (non-hydrogen) atoms. The number of nitrogens with two attached hydrogens (primary N) is 1. The predicted molar refractivity (Wildman–Crippen MR) is 74.5 cm³/mol. The minimum Gasteiger partial charge on any atom is -0.397 e. The molecule has 4 nitrogen and oxygen atoms in total. The normalized spacial score (nSPS) is 17.4. The Hall–Kier alpha value is -1.73. The summed E-state index contributed by atoms with van der Waals surface area (Å²) in [4.78, 5) is 4.57. The van der Waals surface area contributed by atoms with Crippen molar-refractivity contribution in [3.05, 3.63) is 23.8 Å². The van der Waals surface area contributed by atoms with E-state index in [9.17, 15) is 0 Å². The van der Waals surface area contributed by atoms with Crippen LogP contribution < -0.4 is 10.6 Å². The van der Waals surface area contributed by atoms with Gasteiger partial charge in [-0.2, -0.15) is 5.26 Å². The van der Waals surface area contributed by atoms with Crippen molar-refractivity contribution < 1.29 is 0 Å². The molecular weight excluding hydrogens is 224 g/mol. The second kappa shape index (κ2) is 5.28. The molecule has 0 aliphatic carbocycles. The molecule has 1 heterocycles. The Bertz CT molecular complexity index is 455. The maximum atomic E-state index is 8.96. The molecule has 1 saturated heterocycles. The van der Waals surface area contributed by atoms with Crippen LogP contribution in [0.15, 0.2) is 18.2 Å². The average Bonchev–Trinajstić information content (AvgIpc) is 2.39. The zero-order chi connectivity index (χ0) is 13.1. The van der Waals surface area contributed by atoms with Crippen molar-refractivity contribution >= 4 is 11.4 Å². The van der Waals surface area contributed by atoms with E-state index in [0.29, 0.717) is 11.6 Å². The van der Waals surface area contributed by atoms with Crippen molar-refractivity contribution in [3.63, 3.8) is 0 Å². The van der Waals surface area contributed by atoms with E-state index in [2.05, 4.69) is 30.0 Å². The number of nitriles is 1. The number of hydrogen-bond acceptors (Lipinski definition) is 4. The molecule has 0 unspecified atom stereocenters. The number of benzene rings is 1. The van der Waals surface area contributed by atoms with Gasteiger partial charge in [-0.25, -0.2) is 0 Å². The summed E-state index contributed by atoms with van der Waals surface area (Å²) in [5.74, 6) is 0. The summed E-state index contributed by atoms with van der Waals surface area (Å²) in [6, 6.07) is 8.15. The molecule has 4 heteroatoms. The smallest absolute Gasteiger partial charge is 0.0992 e. The van der Waals surface area contributed by atoms with Crippen molar-refractivity contribution in [1.82, 2.24) is 4.90 Å². The van der Waals surface area contributed by atoms with Crippen molar-refractivity contribution in [2.45, 2.75) is 18.9 Å². The van der Waals surface area contributed by atoms with Crippen LogP contribution in [-0.2, 0) is 0 Å². The summed E-state index contributed by atoms with van der Waals surface area (Å²) < 4.78 is 0. The Morgan fingerprint density at radius 3 is 2.67 bits per heavy atom. The number of likely N-dealkylation sites (tertiary alicyclic amines) is 1. The molecule has 0 amide bonds. The first-order valence-corrected chi connectivity index (χ1v) is 6.33. The summed E-state index contributed by atoms with van der Waals surface area (Å²) in [5.41, 5.74) is 8.40. The monoisotopic (exact) mass is 244 g/mol. The van der Waals surface area contributed by atoms with Crippen molar-refractivity contribution in [2.24, 2.45) is 0 Å². The van der Waals surface area contributed by atoms with E-state index in [4.69, 9.17) is 11.0 Å². The highest BCUT2D eigenvalue weighted by atomic mass is 15.2. The lowest BCUT2D eigenvalue weighted by Crippen LogP contribution is -2.42. The Morgan fingerprint density at radius 2 is 2.06 bits per heavy atom. The van der Waals surface area contributed by atoms with Gasteiger partial charge in [-0.15, -0.1) is 0 Å². The molecule has 1 aromatic rings. The Kier molecular flexibility index (Phi) is 3.73. The van der Waals surface area contributed by atoms with Crippen LogP contribution in [0.4, 0.5) is 11.4 Å². The molecule has 0 bridgehead atoms. The fourth-order valence-corrected chi connectivity index (χ4v) is 2.50. The SMILES string of the molecule is CN1CCC(N(C)c2cc(C#N)ccc2N)CC1. The minimum absolute atomic E-state index is 0.512. The highest BCUT2D eigenvalue weighted by Gasteiger charge is 2.22. The van der Waals surface area contributed by atoms with Crippen LogP contribution in [0, 0.1) is 11.3 Å². The molecule has 0 aromatic heterocycles. The fourth-order valence-electron chi connectivity index (χ4n) is 2.50. The Labute approximate surface area is 109 Å².